The van der Waals surface area contributed by atoms with Gasteiger partial charge >= 0.3 is 0 Å². The Kier molecular flexibility index (Phi) is 5.52. The van der Waals surface area contributed by atoms with Gasteiger partial charge in [0.05, 0.1) is 11.1 Å². The van der Waals surface area contributed by atoms with Gasteiger partial charge in [0.1, 0.15) is 0 Å². The Morgan fingerprint density at radius 2 is 1.77 bits per heavy atom. The molecule has 2 aromatic carbocycles. The number of hydrogen-bond donors (Lipinski definition) is 1. The van der Waals surface area contributed by atoms with E-state index in [2.05, 4.69) is 12.2 Å². The van der Waals surface area contributed by atoms with Crippen molar-refractivity contribution in [3.63, 3.8) is 0 Å². The van der Waals surface area contributed by atoms with Crippen molar-refractivity contribution in [3.8, 4) is 0 Å². The molecule has 0 saturated carbocycles. The standard InChI is InChI=1S/C22H24N2O2/c1-3-4-5-8-16-11-13-17(14-12-16)23-22(26)19-15-21(25)24(2)20-10-7-6-9-18(19)20/h6-7,9-15H,3-5,8H2,1-2H3,(H,23,26). The lowest BCUT2D eigenvalue weighted by Gasteiger charge is -2.11. The van der Waals surface area contributed by atoms with E-state index in [-0.39, 0.29) is 11.5 Å². The highest BCUT2D eigenvalue weighted by Gasteiger charge is 2.13. The zero-order valence-corrected chi connectivity index (χ0v) is 15.3. The highest BCUT2D eigenvalue weighted by atomic mass is 16.2. The maximum atomic E-state index is 12.7. The fourth-order valence-corrected chi connectivity index (χ4v) is 3.13. The third kappa shape index (κ3) is 3.85. The van der Waals surface area contributed by atoms with E-state index in [0.717, 1.165) is 23.0 Å². The van der Waals surface area contributed by atoms with E-state index in [1.165, 1.54) is 30.9 Å². The predicted octanol–water partition coefficient (Wildman–Crippen LogP) is 4.52. The molecule has 0 atom stereocenters. The highest BCUT2D eigenvalue weighted by molar-refractivity contribution is 6.12. The van der Waals surface area contributed by atoms with Crippen LogP contribution >= 0.6 is 0 Å². The Balaban J connectivity index is 1.81. The number of aromatic nitrogens is 1. The summed E-state index contributed by atoms with van der Waals surface area (Å²) in [6, 6.07) is 16.8. The van der Waals surface area contributed by atoms with Gasteiger partial charge in [-0.3, -0.25) is 9.59 Å². The summed E-state index contributed by atoms with van der Waals surface area (Å²) in [6.07, 6.45) is 4.68. The summed E-state index contributed by atoms with van der Waals surface area (Å²) >= 11 is 0. The first-order chi connectivity index (χ1) is 12.6. The van der Waals surface area contributed by atoms with Gasteiger partial charge in [-0.15, -0.1) is 0 Å². The van der Waals surface area contributed by atoms with E-state index in [4.69, 9.17) is 0 Å². The molecule has 0 spiro atoms. The van der Waals surface area contributed by atoms with Crippen molar-refractivity contribution in [3.05, 3.63) is 76.1 Å². The number of fused-ring (bicyclic) bond motifs is 1. The van der Waals surface area contributed by atoms with Crippen LogP contribution in [0.1, 0.15) is 42.1 Å². The Hall–Kier alpha value is -2.88. The lowest BCUT2D eigenvalue weighted by atomic mass is 10.1. The number of pyridine rings is 1. The Labute approximate surface area is 153 Å². The van der Waals surface area contributed by atoms with Crippen LogP contribution in [0.4, 0.5) is 5.69 Å². The van der Waals surface area contributed by atoms with E-state index < -0.39 is 0 Å². The summed E-state index contributed by atoms with van der Waals surface area (Å²) < 4.78 is 1.55. The molecule has 0 unspecified atom stereocenters. The van der Waals surface area contributed by atoms with Crippen molar-refractivity contribution in [2.75, 3.05) is 5.32 Å². The molecule has 0 saturated heterocycles. The number of amides is 1. The van der Waals surface area contributed by atoms with E-state index in [9.17, 15) is 9.59 Å². The number of aryl methyl sites for hydroxylation is 2. The number of rotatable bonds is 6. The van der Waals surface area contributed by atoms with Crippen molar-refractivity contribution in [2.45, 2.75) is 32.6 Å². The van der Waals surface area contributed by atoms with Gasteiger partial charge in [0.15, 0.2) is 0 Å². The van der Waals surface area contributed by atoms with Crippen molar-refractivity contribution >= 4 is 22.5 Å². The van der Waals surface area contributed by atoms with Gasteiger partial charge in [0, 0.05) is 24.2 Å². The lowest BCUT2D eigenvalue weighted by Crippen LogP contribution is -2.21. The largest absolute Gasteiger partial charge is 0.322 e. The van der Waals surface area contributed by atoms with Gasteiger partial charge in [-0.2, -0.15) is 0 Å². The van der Waals surface area contributed by atoms with E-state index in [0.29, 0.717) is 5.56 Å². The van der Waals surface area contributed by atoms with E-state index in [1.807, 2.05) is 48.5 Å². The first-order valence-electron chi connectivity index (χ1n) is 9.09. The molecule has 134 valence electrons. The summed E-state index contributed by atoms with van der Waals surface area (Å²) in [5.41, 5.74) is 2.96. The molecule has 3 rings (SSSR count). The lowest BCUT2D eigenvalue weighted by molar-refractivity contribution is 0.102. The van der Waals surface area contributed by atoms with Crippen LogP contribution in [0.2, 0.25) is 0 Å². The molecule has 0 bridgehead atoms. The smallest absolute Gasteiger partial charge is 0.256 e. The highest BCUT2D eigenvalue weighted by Crippen LogP contribution is 2.18. The number of carbonyl (C=O) groups is 1. The number of anilines is 1. The third-order valence-corrected chi connectivity index (χ3v) is 4.68. The van der Waals surface area contributed by atoms with Gasteiger partial charge in [0.25, 0.3) is 11.5 Å². The number of para-hydroxylation sites is 1. The van der Waals surface area contributed by atoms with Gasteiger partial charge in [-0.05, 0) is 36.6 Å². The van der Waals surface area contributed by atoms with Crippen LogP contribution in [0.15, 0.2) is 59.4 Å². The number of carbonyl (C=O) groups excluding carboxylic acids is 1. The maximum Gasteiger partial charge on any atom is 0.256 e. The Morgan fingerprint density at radius 3 is 2.50 bits per heavy atom. The number of benzene rings is 2. The van der Waals surface area contributed by atoms with Crippen LogP contribution in [-0.4, -0.2) is 10.5 Å². The fraction of sp³-hybridized carbons (Fsp3) is 0.273. The van der Waals surface area contributed by atoms with Crippen molar-refractivity contribution in [1.82, 2.24) is 4.57 Å². The minimum Gasteiger partial charge on any atom is -0.322 e. The first-order valence-corrected chi connectivity index (χ1v) is 9.09. The molecule has 1 heterocycles. The van der Waals surface area contributed by atoms with Crippen LogP contribution in [0.25, 0.3) is 10.9 Å². The van der Waals surface area contributed by atoms with Gasteiger partial charge in [-0.25, -0.2) is 0 Å². The van der Waals surface area contributed by atoms with Crippen LogP contribution in [0.3, 0.4) is 0 Å². The van der Waals surface area contributed by atoms with Gasteiger partial charge in [-0.1, -0.05) is 50.1 Å². The normalized spacial score (nSPS) is 10.8. The monoisotopic (exact) mass is 348 g/mol. The van der Waals surface area contributed by atoms with E-state index in [1.54, 1.807) is 11.6 Å². The second kappa shape index (κ2) is 8.00. The van der Waals surface area contributed by atoms with E-state index >= 15 is 0 Å². The fourth-order valence-electron chi connectivity index (χ4n) is 3.13. The van der Waals surface area contributed by atoms with Crippen molar-refractivity contribution < 1.29 is 4.79 Å². The summed E-state index contributed by atoms with van der Waals surface area (Å²) in [5.74, 6) is -0.266. The van der Waals surface area contributed by atoms with Crippen LogP contribution in [0.5, 0.6) is 0 Å². The summed E-state index contributed by atoms with van der Waals surface area (Å²) in [5, 5.41) is 3.67. The number of hydrogen-bond acceptors (Lipinski definition) is 2. The molecule has 1 aromatic heterocycles. The molecule has 4 heteroatoms. The second-order valence-electron chi connectivity index (χ2n) is 6.58. The third-order valence-electron chi connectivity index (χ3n) is 4.68. The molecular formula is C22H24N2O2. The Bertz CT molecular complexity index is 972. The molecule has 0 fully saturated rings. The SMILES string of the molecule is CCCCCc1ccc(NC(=O)c2cc(=O)n(C)c3ccccc23)cc1. The molecular weight excluding hydrogens is 324 g/mol. The molecule has 1 amide bonds. The minimum atomic E-state index is -0.266. The van der Waals surface area contributed by atoms with Gasteiger partial charge in [0.2, 0.25) is 0 Å². The van der Waals surface area contributed by atoms with Crippen LogP contribution in [-0.2, 0) is 13.5 Å². The predicted molar refractivity (Wildman–Crippen MR) is 107 cm³/mol. The second-order valence-corrected chi connectivity index (χ2v) is 6.58. The summed E-state index contributed by atoms with van der Waals surface area (Å²) in [6.45, 7) is 2.19. The number of nitrogens with zero attached hydrogens (tertiary/aromatic N) is 1. The average molecular weight is 348 g/mol. The molecule has 0 aliphatic rings. The molecule has 0 radical (unpaired) electrons. The first kappa shape index (κ1) is 17.9. The zero-order chi connectivity index (χ0) is 18.5. The Morgan fingerprint density at radius 1 is 1.04 bits per heavy atom. The minimum absolute atomic E-state index is 0.194. The number of nitrogens with one attached hydrogen (secondary N) is 1. The zero-order valence-electron chi connectivity index (χ0n) is 15.3. The molecule has 1 N–H and O–H groups in total. The maximum absolute atomic E-state index is 12.7. The van der Waals surface area contributed by atoms with Crippen LogP contribution < -0.4 is 10.9 Å². The molecule has 0 aliphatic carbocycles. The quantitative estimate of drug-likeness (QED) is 0.666. The van der Waals surface area contributed by atoms with Crippen molar-refractivity contribution in [1.29, 1.82) is 0 Å². The van der Waals surface area contributed by atoms with Gasteiger partial charge < -0.3 is 9.88 Å². The van der Waals surface area contributed by atoms with Crippen LogP contribution in [0, 0.1) is 0 Å². The molecule has 3 aromatic rings. The molecule has 0 aliphatic heterocycles. The van der Waals surface area contributed by atoms with Crippen molar-refractivity contribution in [2.24, 2.45) is 7.05 Å². The summed E-state index contributed by atoms with van der Waals surface area (Å²) in [4.78, 5) is 24.9. The average Bonchev–Trinajstić information content (AvgIpc) is 2.66. The number of unbranched alkanes of at least 4 members (excludes halogenated alkanes) is 2. The summed E-state index contributed by atoms with van der Waals surface area (Å²) in [7, 11) is 1.71. The molecule has 4 nitrogen and oxygen atoms in total. The molecule has 26 heavy (non-hydrogen) atoms. The topological polar surface area (TPSA) is 51.1 Å².